The maximum atomic E-state index is 12.8. The van der Waals surface area contributed by atoms with Crippen LogP contribution in [0.1, 0.15) is 0 Å². The van der Waals surface area contributed by atoms with Gasteiger partial charge >= 0.3 is 0 Å². The monoisotopic (exact) mass is 444 g/mol. The minimum absolute atomic E-state index is 0.00578. The number of nitrogens with zero attached hydrogens (tertiary/aromatic N) is 4. The van der Waals surface area contributed by atoms with Crippen molar-refractivity contribution in [1.29, 1.82) is 0 Å². The fraction of sp³-hybridized carbons (Fsp3) is 0.105. The fourth-order valence-corrected chi connectivity index (χ4v) is 3.95. The van der Waals surface area contributed by atoms with Gasteiger partial charge in [-0.3, -0.25) is 9.40 Å². The summed E-state index contributed by atoms with van der Waals surface area (Å²) in [5, 5.41) is 7.46. The first kappa shape index (κ1) is 19.9. The van der Waals surface area contributed by atoms with Gasteiger partial charge in [0.15, 0.2) is 11.6 Å². The van der Waals surface area contributed by atoms with Gasteiger partial charge in [0.25, 0.3) is 10.0 Å². The van der Waals surface area contributed by atoms with Crippen LogP contribution in [-0.2, 0) is 17.1 Å². The molecule has 0 bridgehead atoms. The number of aryl methyl sites for hydroxylation is 1. The molecule has 154 valence electrons. The van der Waals surface area contributed by atoms with Crippen LogP contribution in [0.5, 0.6) is 5.75 Å². The lowest BCUT2D eigenvalue weighted by Crippen LogP contribution is -2.15. The van der Waals surface area contributed by atoms with Gasteiger partial charge < -0.3 is 10.1 Å². The van der Waals surface area contributed by atoms with E-state index in [1.807, 2.05) is 6.07 Å². The number of ether oxygens (including phenoxy) is 1. The molecular formula is C19H17ClN6O3S. The number of fused-ring (bicyclic) bond motifs is 1. The smallest absolute Gasteiger partial charge is 0.266 e. The van der Waals surface area contributed by atoms with Crippen molar-refractivity contribution in [1.82, 2.24) is 19.7 Å². The lowest BCUT2D eigenvalue weighted by Gasteiger charge is -2.15. The maximum absolute atomic E-state index is 12.8. The molecule has 0 aliphatic heterocycles. The average Bonchev–Trinajstić information content (AvgIpc) is 3.16. The Balaban J connectivity index is 1.81. The molecule has 0 fully saturated rings. The predicted octanol–water partition coefficient (Wildman–Crippen LogP) is 3.57. The minimum Gasteiger partial charge on any atom is -0.495 e. The molecule has 0 aliphatic carbocycles. The summed E-state index contributed by atoms with van der Waals surface area (Å²) >= 11 is 6.11. The van der Waals surface area contributed by atoms with Crippen LogP contribution in [0, 0.1) is 0 Å². The zero-order valence-electron chi connectivity index (χ0n) is 16.0. The Morgan fingerprint density at radius 3 is 2.40 bits per heavy atom. The number of anilines is 3. The molecular weight excluding hydrogens is 428 g/mol. The van der Waals surface area contributed by atoms with E-state index in [4.69, 9.17) is 16.3 Å². The number of nitrogens with one attached hydrogen (secondary N) is 2. The topological polar surface area (TPSA) is 111 Å². The van der Waals surface area contributed by atoms with E-state index in [9.17, 15) is 8.42 Å². The van der Waals surface area contributed by atoms with E-state index in [-0.39, 0.29) is 16.5 Å². The normalized spacial score (nSPS) is 11.4. The summed E-state index contributed by atoms with van der Waals surface area (Å²) in [4.78, 5) is 8.99. The summed E-state index contributed by atoms with van der Waals surface area (Å²) in [6.07, 6.45) is 2.65. The zero-order chi connectivity index (χ0) is 21.3. The van der Waals surface area contributed by atoms with Crippen molar-refractivity contribution in [3.05, 3.63) is 59.9 Å². The van der Waals surface area contributed by atoms with Crippen LogP contribution in [0.3, 0.4) is 0 Å². The SMILES string of the molecule is COc1ccc(Cl)cc1Nc1nc2ccccc2nc1NS(=O)(=O)c1cnn(C)c1. The van der Waals surface area contributed by atoms with Gasteiger partial charge in [-0.2, -0.15) is 5.10 Å². The summed E-state index contributed by atoms with van der Waals surface area (Å²) in [5.74, 6) is 0.733. The second kappa shape index (κ2) is 7.81. The summed E-state index contributed by atoms with van der Waals surface area (Å²) in [5.41, 5.74) is 1.63. The largest absolute Gasteiger partial charge is 0.495 e. The van der Waals surface area contributed by atoms with E-state index >= 15 is 0 Å². The molecule has 30 heavy (non-hydrogen) atoms. The molecule has 11 heteroatoms. The third-order valence-electron chi connectivity index (χ3n) is 4.21. The standard InChI is InChI=1S/C19H17ClN6O3S/c1-26-11-13(10-21-26)30(27,28)25-19-18(22-14-5-3-4-6-15(14)23-19)24-16-9-12(20)7-8-17(16)29-2/h3-11H,1-2H3,(H,22,24)(H,23,25). The highest BCUT2D eigenvalue weighted by molar-refractivity contribution is 7.92. The molecule has 0 radical (unpaired) electrons. The minimum atomic E-state index is -3.93. The number of methoxy groups -OCH3 is 1. The van der Waals surface area contributed by atoms with E-state index in [2.05, 4.69) is 25.1 Å². The summed E-state index contributed by atoms with van der Waals surface area (Å²) in [6, 6.07) is 12.2. The second-order valence-corrected chi connectivity index (χ2v) is 8.45. The first-order valence-corrected chi connectivity index (χ1v) is 10.6. The molecule has 0 amide bonds. The third kappa shape index (κ3) is 4.00. The highest BCUT2D eigenvalue weighted by Gasteiger charge is 2.21. The molecule has 2 N–H and O–H groups in total. The molecule has 2 heterocycles. The lowest BCUT2D eigenvalue weighted by atomic mass is 10.2. The molecule has 0 spiro atoms. The zero-order valence-corrected chi connectivity index (χ0v) is 17.6. The van der Waals surface area contributed by atoms with Crippen LogP contribution in [0.2, 0.25) is 5.02 Å². The number of rotatable bonds is 6. The third-order valence-corrected chi connectivity index (χ3v) is 5.74. The van der Waals surface area contributed by atoms with Crippen molar-refractivity contribution in [3.63, 3.8) is 0 Å². The van der Waals surface area contributed by atoms with Gasteiger partial charge in [0, 0.05) is 18.3 Å². The van der Waals surface area contributed by atoms with Crippen molar-refractivity contribution in [2.75, 3.05) is 17.1 Å². The first-order chi connectivity index (χ1) is 14.4. The molecule has 0 aliphatic rings. The molecule has 4 aromatic rings. The Morgan fingerprint density at radius 2 is 1.77 bits per heavy atom. The Hall–Kier alpha value is -3.37. The van der Waals surface area contributed by atoms with Gasteiger partial charge in [0.1, 0.15) is 10.6 Å². The van der Waals surface area contributed by atoms with Gasteiger partial charge in [0.05, 0.1) is 30.0 Å². The average molecular weight is 445 g/mol. The molecule has 0 saturated carbocycles. The van der Waals surface area contributed by atoms with Gasteiger partial charge in [-0.25, -0.2) is 18.4 Å². The van der Waals surface area contributed by atoms with Crippen molar-refractivity contribution in [2.24, 2.45) is 7.05 Å². The predicted molar refractivity (Wildman–Crippen MR) is 115 cm³/mol. The van der Waals surface area contributed by atoms with Crippen molar-refractivity contribution < 1.29 is 13.2 Å². The number of sulfonamides is 1. The van der Waals surface area contributed by atoms with E-state index in [0.717, 1.165) is 0 Å². The van der Waals surface area contributed by atoms with Crippen molar-refractivity contribution >= 4 is 50.0 Å². The van der Waals surface area contributed by atoms with Crippen LogP contribution < -0.4 is 14.8 Å². The van der Waals surface area contributed by atoms with Gasteiger partial charge in [-0.05, 0) is 30.3 Å². The van der Waals surface area contributed by atoms with E-state index in [0.29, 0.717) is 27.5 Å². The van der Waals surface area contributed by atoms with Crippen molar-refractivity contribution in [3.8, 4) is 5.75 Å². The number of benzene rings is 2. The highest BCUT2D eigenvalue weighted by atomic mass is 35.5. The van der Waals surface area contributed by atoms with Gasteiger partial charge in [0.2, 0.25) is 0 Å². The van der Waals surface area contributed by atoms with Crippen LogP contribution >= 0.6 is 11.6 Å². The Bertz CT molecular complexity index is 1340. The van der Waals surface area contributed by atoms with Gasteiger partial charge in [-0.1, -0.05) is 23.7 Å². The second-order valence-electron chi connectivity index (χ2n) is 6.33. The molecule has 0 atom stereocenters. The summed E-state index contributed by atoms with van der Waals surface area (Å²) < 4.78 is 34.9. The lowest BCUT2D eigenvalue weighted by molar-refractivity contribution is 0.417. The van der Waals surface area contributed by atoms with E-state index in [1.54, 1.807) is 43.4 Å². The number of hydrogen-bond acceptors (Lipinski definition) is 7. The van der Waals surface area contributed by atoms with E-state index in [1.165, 1.54) is 24.2 Å². The quantitative estimate of drug-likeness (QED) is 0.467. The number of hydrogen-bond donors (Lipinski definition) is 2. The number of halogens is 1. The van der Waals surface area contributed by atoms with Crippen LogP contribution in [0.15, 0.2) is 59.8 Å². The van der Waals surface area contributed by atoms with Crippen LogP contribution in [-0.4, -0.2) is 35.3 Å². The van der Waals surface area contributed by atoms with Crippen molar-refractivity contribution in [2.45, 2.75) is 4.90 Å². The molecule has 2 aromatic carbocycles. The molecule has 0 saturated heterocycles. The van der Waals surface area contributed by atoms with E-state index < -0.39 is 10.0 Å². The molecule has 9 nitrogen and oxygen atoms in total. The Kier molecular flexibility index (Phi) is 5.18. The summed E-state index contributed by atoms with van der Waals surface area (Å²) in [6.45, 7) is 0. The van der Waals surface area contributed by atoms with Crippen LogP contribution in [0.25, 0.3) is 11.0 Å². The van der Waals surface area contributed by atoms with Gasteiger partial charge in [-0.15, -0.1) is 0 Å². The summed E-state index contributed by atoms with van der Waals surface area (Å²) in [7, 11) is -0.780. The fourth-order valence-electron chi connectivity index (χ4n) is 2.79. The van der Waals surface area contributed by atoms with Crippen LogP contribution in [0.4, 0.5) is 17.3 Å². The number of para-hydroxylation sites is 2. The Labute approximate surface area is 177 Å². The first-order valence-electron chi connectivity index (χ1n) is 8.74. The molecule has 0 unspecified atom stereocenters. The molecule has 2 aromatic heterocycles. The Morgan fingerprint density at radius 1 is 1.07 bits per heavy atom. The molecule has 4 rings (SSSR count). The maximum Gasteiger partial charge on any atom is 0.266 e. The number of aromatic nitrogens is 4. The highest BCUT2D eigenvalue weighted by Crippen LogP contribution is 2.33.